The molecule has 5 aromatic carbocycles. The molecule has 0 spiro atoms. The summed E-state index contributed by atoms with van der Waals surface area (Å²) in [6.07, 6.45) is -4.32. The van der Waals surface area contributed by atoms with Crippen LogP contribution in [0.3, 0.4) is 0 Å². The van der Waals surface area contributed by atoms with Crippen LogP contribution in [0.25, 0.3) is 0 Å². The number of nitro benzene ring substituents is 2. The molecule has 0 saturated heterocycles. The Bertz CT molecular complexity index is 2170. The van der Waals surface area contributed by atoms with Gasteiger partial charge in [0.1, 0.15) is 12.3 Å². The van der Waals surface area contributed by atoms with Gasteiger partial charge in [-0.05, 0) is 54.6 Å². The molecule has 16 heteroatoms. The van der Waals surface area contributed by atoms with Crippen LogP contribution in [0.15, 0.2) is 145 Å². The summed E-state index contributed by atoms with van der Waals surface area (Å²) in [5, 5.41) is 27.0. The number of nitro groups is 2. The van der Waals surface area contributed by atoms with Crippen LogP contribution in [0.1, 0.15) is 41.4 Å². The minimum absolute atomic E-state index is 0.0478. The zero-order chi connectivity index (χ0) is 39.2. The zero-order valence-corrected chi connectivity index (χ0v) is 28.5. The Balaban J connectivity index is 1.58. The zero-order valence-electron chi connectivity index (χ0n) is 28.5. The third kappa shape index (κ3) is 10.6. The molecule has 0 aliphatic rings. The Morgan fingerprint density at radius 2 is 1.05 bits per heavy atom. The fraction of sp³-hybridized carbons (Fsp3) is 0.103. The molecular weight excluding hydrogens is 716 g/mol. The van der Waals surface area contributed by atoms with Gasteiger partial charge >= 0.3 is 29.6 Å². The van der Waals surface area contributed by atoms with Crippen LogP contribution in [-0.4, -0.2) is 64.9 Å². The molecule has 0 aliphatic carbocycles. The summed E-state index contributed by atoms with van der Waals surface area (Å²) in [7, 11) is 0. The van der Waals surface area contributed by atoms with Crippen LogP contribution in [0, 0.1) is 20.2 Å². The molecular formula is C39H30N4O12. The Morgan fingerprint density at radius 3 is 1.53 bits per heavy atom. The van der Waals surface area contributed by atoms with Crippen molar-refractivity contribution in [2.75, 3.05) is 12.0 Å². The van der Waals surface area contributed by atoms with Gasteiger partial charge in [-0.15, -0.1) is 0 Å². The van der Waals surface area contributed by atoms with Crippen molar-refractivity contribution in [3.05, 3.63) is 182 Å². The maximum Gasteiger partial charge on any atom is 0.338 e. The van der Waals surface area contributed by atoms with Crippen molar-refractivity contribution in [1.29, 1.82) is 0 Å². The van der Waals surface area contributed by atoms with Crippen molar-refractivity contribution < 1.29 is 48.0 Å². The molecule has 278 valence electrons. The summed E-state index contributed by atoms with van der Waals surface area (Å²) < 4.78 is 23.1. The number of ether oxygens (including phenoxy) is 4. The number of anilines is 1. The molecule has 55 heavy (non-hydrogen) atoms. The predicted octanol–water partition coefficient (Wildman–Crippen LogP) is 6.43. The number of nitrogens with zero attached hydrogens (tertiary/aromatic N) is 3. The van der Waals surface area contributed by atoms with E-state index in [-0.39, 0.29) is 27.9 Å². The van der Waals surface area contributed by atoms with Crippen LogP contribution in [0.2, 0.25) is 0 Å². The Kier molecular flexibility index (Phi) is 13.1. The molecule has 0 aromatic heterocycles. The highest BCUT2D eigenvalue weighted by Crippen LogP contribution is 2.29. The molecule has 0 fully saturated rings. The number of nitrogens with one attached hydrogen (secondary N) is 1. The molecule has 3 atom stereocenters. The second kappa shape index (κ2) is 18.7. The second-order valence-electron chi connectivity index (χ2n) is 11.4. The highest BCUT2D eigenvalue weighted by Gasteiger charge is 2.39. The average Bonchev–Trinajstić information content (AvgIpc) is 3.22. The third-order valence-electron chi connectivity index (χ3n) is 7.65. The van der Waals surface area contributed by atoms with Crippen LogP contribution in [0.4, 0.5) is 17.1 Å². The molecule has 0 bridgehead atoms. The minimum atomic E-state index is -1.80. The molecule has 5 rings (SSSR count). The van der Waals surface area contributed by atoms with Gasteiger partial charge in [-0.25, -0.2) is 19.2 Å². The summed E-state index contributed by atoms with van der Waals surface area (Å²) in [6.45, 7) is -0.729. The molecule has 0 aliphatic heterocycles. The molecule has 0 heterocycles. The lowest BCUT2D eigenvalue weighted by molar-refractivity contribution is -0.393. The number of carbonyl (C=O) groups is 4. The summed E-state index contributed by atoms with van der Waals surface area (Å²) in [6, 6.07) is 33.7. The van der Waals surface area contributed by atoms with Crippen molar-refractivity contribution in [3.63, 3.8) is 0 Å². The van der Waals surface area contributed by atoms with Crippen molar-refractivity contribution in [2.24, 2.45) is 5.10 Å². The lowest BCUT2D eigenvalue weighted by Gasteiger charge is -2.30. The molecule has 0 amide bonds. The number of esters is 4. The van der Waals surface area contributed by atoms with Gasteiger partial charge in [0.25, 0.3) is 5.69 Å². The van der Waals surface area contributed by atoms with Gasteiger partial charge in [-0.1, -0.05) is 72.8 Å². The van der Waals surface area contributed by atoms with E-state index in [2.05, 4.69) is 10.5 Å². The van der Waals surface area contributed by atoms with Crippen LogP contribution >= 0.6 is 0 Å². The molecule has 0 radical (unpaired) electrons. The highest BCUT2D eigenvalue weighted by molar-refractivity contribution is 5.92. The Morgan fingerprint density at radius 1 is 0.600 bits per heavy atom. The van der Waals surface area contributed by atoms with Gasteiger partial charge in [0.2, 0.25) is 0 Å². The smallest absolute Gasteiger partial charge is 0.338 e. The molecule has 0 saturated carbocycles. The highest BCUT2D eigenvalue weighted by atomic mass is 16.6. The van der Waals surface area contributed by atoms with E-state index < -0.39 is 70.0 Å². The standard InChI is InChI=1S/C39H30N4O12/c44-36(26-13-5-1-6-14-26)52-25-34(54-38(46)28-17-9-3-10-18-28)35(55-39(47)29-19-11-4-12-20-29)33(53-37(45)27-15-7-2-8-16-27)24-40-41-31-22-21-30(42(48)49)23-32(31)43(50)51/h1-24,33-35,41H,25H2/b40-24-. The van der Waals surface area contributed by atoms with Crippen molar-refractivity contribution in [2.45, 2.75) is 18.3 Å². The van der Waals surface area contributed by atoms with Crippen molar-refractivity contribution in [1.82, 2.24) is 0 Å². The van der Waals surface area contributed by atoms with Gasteiger partial charge < -0.3 is 18.9 Å². The lowest BCUT2D eigenvalue weighted by Crippen LogP contribution is -2.49. The number of non-ortho nitro benzene ring substituents is 1. The van der Waals surface area contributed by atoms with Crippen molar-refractivity contribution in [3.8, 4) is 0 Å². The van der Waals surface area contributed by atoms with E-state index in [0.29, 0.717) is 0 Å². The largest absolute Gasteiger partial charge is 0.458 e. The first-order chi connectivity index (χ1) is 26.6. The summed E-state index contributed by atoms with van der Waals surface area (Å²) in [5.41, 5.74) is 1.17. The number of carbonyl (C=O) groups excluding carboxylic acids is 4. The number of benzene rings is 5. The second-order valence-corrected chi connectivity index (χ2v) is 11.4. The third-order valence-corrected chi connectivity index (χ3v) is 7.65. The summed E-state index contributed by atoms with van der Waals surface area (Å²) in [5.74, 6) is -3.66. The number of hydrogen-bond acceptors (Lipinski definition) is 14. The van der Waals surface area contributed by atoms with Gasteiger partial charge in [0, 0.05) is 6.07 Å². The van der Waals surface area contributed by atoms with Crippen LogP contribution in [-0.2, 0) is 18.9 Å². The predicted molar refractivity (Wildman–Crippen MR) is 196 cm³/mol. The van der Waals surface area contributed by atoms with E-state index in [1.165, 1.54) is 48.5 Å². The van der Waals surface area contributed by atoms with E-state index in [9.17, 15) is 39.4 Å². The van der Waals surface area contributed by atoms with E-state index in [1.54, 1.807) is 72.8 Å². The number of rotatable bonds is 16. The molecule has 16 nitrogen and oxygen atoms in total. The fourth-order valence-electron chi connectivity index (χ4n) is 4.92. The number of hydrazone groups is 1. The number of hydrogen-bond donors (Lipinski definition) is 1. The SMILES string of the molecule is O=C(OCC(OC(=O)c1ccccc1)C(OC(=O)c1ccccc1)C(/C=N\Nc1ccc([N+](=O)[O-])cc1[N+](=O)[O-])OC(=O)c1ccccc1)c1ccccc1. The maximum absolute atomic E-state index is 13.6. The van der Waals surface area contributed by atoms with Crippen LogP contribution < -0.4 is 5.43 Å². The monoisotopic (exact) mass is 746 g/mol. The van der Waals surface area contributed by atoms with Gasteiger partial charge in [-0.2, -0.15) is 5.10 Å². The summed E-state index contributed by atoms with van der Waals surface area (Å²) >= 11 is 0. The molecule has 5 aromatic rings. The van der Waals surface area contributed by atoms with Gasteiger partial charge in [-0.3, -0.25) is 25.7 Å². The first-order valence-corrected chi connectivity index (χ1v) is 16.3. The van der Waals surface area contributed by atoms with E-state index >= 15 is 0 Å². The average molecular weight is 747 g/mol. The molecule has 3 unspecified atom stereocenters. The Labute approximate surface area is 312 Å². The Hall–Kier alpha value is -7.75. The summed E-state index contributed by atoms with van der Waals surface area (Å²) in [4.78, 5) is 75.1. The quantitative estimate of drug-likeness (QED) is 0.0379. The fourth-order valence-corrected chi connectivity index (χ4v) is 4.92. The minimum Gasteiger partial charge on any atom is -0.458 e. The topological polar surface area (TPSA) is 216 Å². The van der Waals surface area contributed by atoms with Gasteiger partial charge in [0.15, 0.2) is 18.3 Å². The van der Waals surface area contributed by atoms with Crippen LogP contribution in [0.5, 0.6) is 0 Å². The maximum atomic E-state index is 13.6. The first-order valence-electron chi connectivity index (χ1n) is 16.3. The van der Waals surface area contributed by atoms with E-state index in [0.717, 1.165) is 24.4 Å². The van der Waals surface area contributed by atoms with E-state index in [4.69, 9.17) is 18.9 Å². The normalized spacial score (nSPS) is 12.4. The lowest BCUT2D eigenvalue weighted by atomic mass is 10.1. The van der Waals surface area contributed by atoms with Gasteiger partial charge in [0.05, 0.1) is 44.4 Å². The first kappa shape index (κ1) is 38.5. The van der Waals surface area contributed by atoms with Crippen molar-refractivity contribution >= 4 is 47.2 Å². The molecule has 1 N–H and O–H groups in total. The van der Waals surface area contributed by atoms with E-state index in [1.807, 2.05) is 0 Å².